The summed E-state index contributed by atoms with van der Waals surface area (Å²) in [5, 5.41) is 9.83. The Kier molecular flexibility index (Phi) is 8.37. The summed E-state index contributed by atoms with van der Waals surface area (Å²) in [6.45, 7) is 3.99. The lowest BCUT2D eigenvalue weighted by Gasteiger charge is -2.15. The number of aromatic nitrogens is 3. The lowest BCUT2D eigenvalue weighted by molar-refractivity contribution is -0.274. The van der Waals surface area contributed by atoms with Crippen molar-refractivity contribution in [1.82, 2.24) is 14.8 Å². The first kappa shape index (κ1) is 28.1. The van der Waals surface area contributed by atoms with Crippen LogP contribution in [0.3, 0.4) is 0 Å². The van der Waals surface area contributed by atoms with Gasteiger partial charge in [0, 0.05) is 16.9 Å². The SMILES string of the molecule is COc1ccc(NC(=O)CC(=O)Nc2ccc(-c3ncn(-c4ccc(OC(F)(F)F)cc4)n3)cc2)c(C(C)C)c1. The maximum atomic E-state index is 12.5. The van der Waals surface area contributed by atoms with E-state index in [4.69, 9.17) is 4.74 Å². The van der Waals surface area contributed by atoms with Gasteiger partial charge >= 0.3 is 6.36 Å². The number of anilines is 2. The number of methoxy groups -OCH3 is 1. The zero-order valence-corrected chi connectivity index (χ0v) is 21.8. The number of nitrogens with one attached hydrogen (secondary N) is 2. The molecule has 1 heterocycles. The molecule has 0 saturated heterocycles. The summed E-state index contributed by atoms with van der Waals surface area (Å²) in [7, 11) is 1.57. The van der Waals surface area contributed by atoms with Crippen molar-refractivity contribution >= 4 is 23.2 Å². The van der Waals surface area contributed by atoms with Gasteiger partial charge in [-0.15, -0.1) is 18.3 Å². The van der Waals surface area contributed by atoms with E-state index in [1.807, 2.05) is 19.9 Å². The second-order valence-corrected chi connectivity index (χ2v) is 9.01. The minimum atomic E-state index is -4.77. The monoisotopic (exact) mass is 553 g/mol. The number of carbonyl (C=O) groups is 2. The highest BCUT2D eigenvalue weighted by molar-refractivity contribution is 6.08. The van der Waals surface area contributed by atoms with E-state index in [0.717, 1.165) is 5.56 Å². The molecule has 0 radical (unpaired) electrons. The predicted molar refractivity (Wildman–Crippen MR) is 142 cm³/mol. The molecule has 208 valence electrons. The minimum Gasteiger partial charge on any atom is -0.497 e. The predicted octanol–water partition coefficient (Wildman–Crippen LogP) is 5.93. The second-order valence-electron chi connectivity index (χ2n) is 9.01. The van der Waals surface area contributed by atoms with Crippen LogP contribution < -0.4 is 20.1 Å². The van der Waals surface area contributed by atoms with Crippen LogP contribution in [-0.2, 0) is 9.59 Å². The summed E-state index contributed by atoms with van der Waals surface area (Å²) >= 11 is 0. The fourth-order valence-electron chi connectivity index (χ4n) is 3.83. The molecule has 2 amide bonds. The van der Waals surface area contributed by atoms with E-state index in [0.29, 0.717) is 34.2 Å². The third kappa shape index (κ3) is 7.37. The van der Waals surface area contributed by atoms with Crippen LogP contribution in [0.1, 0.15) is 31.7 Å². The molecule has 0 atom stereocenters. The highest BCUT2D eigenvalue weighted by Crippen LogP contribution is 2.29. The molecule has 1 aromatic heterocycles. The van der Waals surface area contributed by atoms with E-state index in [2.05, 4.69) is 25.5 Å². The summed E-state index contributed by atoms with van der Waals surface area (Å²) in [6, 6.07) is 17.2. The summed E-state index contributed by atoms with van der Waals surface area (Å²) in [5.74, 6) is -0.0873. The fraction of sp³-hybridized carbons (Fsp3) is 0.214. The van der Waals surface area contributed by atoms with Gasteiger partial charge in [-0.1, -0.05) is 13.8 Å². The molecule has 0 aliphatic carbocycles. The molecule has 40 heavy (non-hydrogen) atoms. The first-order valence-electron chi connectivity index (χ1n) is 12.2. The van der Waals surface area contributed by atoms with E-state index in [1.54, 1.807) is 43.5 Å². The van der Waals surface area contributed by atoms with E-state index >= 15 is 0 Å². The van der Waals surface area contributed by atoms with E-state index in [-0.39, 0.29) is 18.1 Å². The molecule has 3 aromatic carbocycles. The number of rotatable bonds is 9. The van der Waals surface area contributed by atoms with Crippen molar-refractivity contribution in [3.05, 3.63) is 78.6 Å². The molecule has 0 spiro atoms. The average molecular weight is 554 g/mol. The second kappa shape index (κ2) is 11.9. The Morgan fingerprint density at radius 3 is 2.20 bits per heavy atom. The first-order chi connectivity index (χ1) is 19.0. The molecule has 4 rings (SSSR count). The highest BCUT2D eigenvalue weighted by atomic mass is 19.4. The quantitative estimate of drug-likeness (QED) is 0.249. The average Bonchev–Trinajstić information content (AvgIpc) is 3.39. The zero-order chi connectivity index (χ0) is 28.9. The number of alkyl halides is 3. The van der Waals surface area contributed by atoms with E-state index < -0.39 is 18.2 Å². The summed E-state index contributed by atoms with van der Waals surface area (Å²) in [6.07, 6.45) is -3.71. The van der Waals surface area contributed by atoms with E-state index in [1.165, 1.54) is 35.3 Å². The molecule has 4 aromatic rings. The van der Waals surface area contributed by atoms with Gasteiger partial charge in [0.05, 0.1) is 12.8 Å². The molecule has 12 heteroatoms. The van der Waals surface area contributed by atoms with Gasteiger partial charge in [-0.05, 0) is 78.2 Å². The zero-order valence-electron chi connectivity index (χ0n) is 21.8. The van der Waals surface area contributed by atoms with E-state index in [9.17, 15) is 22.8 Å². The summed E-state index contributed by atoms with van der Waals surface area (Å²) in [5.41, 5.74) is 3.13. The maximum absolute atomic E-state index is 12.5. The van der Waals surface area contributed by atoms with Crippen molar-refractivity contribution in [2.45, 2.75) is 32.5 Å². The number of hydrogen-bond acceptors (Lipinski definition) is 6. The van der Waals surface area contributed by atoms with Crippen molar-refractivity contribution in [3.8, 4) is 28.6 Å². The van der Waals surface area contributed by atoms with Crippen LogP contribution in [0.5, 0.6) is 11.5 Å². The minimum absolute atomic E-state index is 0.136. The van der Waals surface area contributed by atoms with Crippen LogP contribution in [0.4, 0.5) is 24.5 Å². The van der Waals surface area contributed by atoms with Crippen molar-refractivity contribution in [2.24, 2.45) is 0 Å². The molecule has 0 aliphatic heterocycles. The molecule has 0 unspecified atom stereocenters. The van der Waals surface area contributed by atoms with Crippen LogP contribution in [0.15, 0.2) is 73.1 Å². The standard InChI is InChI=1S/C28H26F3N5O4/c1-17(2)23-14-22(39-3)12-13-24(23)34-26(38)15-25(37)33-19-6-4-18(5-7-19)27-32-16-36(35-27)20-8-10-21(11-9-20)40-28(29,30)31/h4-14,16-17H,15H2,1-3H3,(H,33,37)(H,34,38). The topological polar surface area (TPSA) is 107 Å². The number of amides is 2. The Labute approximate surface area is 227 Å². The molecule has 0 aliphatic rings. The van der Waals surface area contributed by atoms with Crippen molar-refractivity contribution in [2.75, 3.05) is 17.7 Å². The summed E-state index contributed by atoms with van der Waals surface area (Å²) < 4.78 is 47.6. The lowest BCUT2D eigenvalue weighted by Crippen LogP contribution is -2.22. The first-order valence-corrected chi connectivity index (χ1v) is 12.2. The Morgan fingerprint density at radius 2 is 1.57 bits per heavy atom. The van der Waals surface area contributed by atoms with Crippen LogP contribution in [0.2, 0.25) is 0 Å². The Bertz CT molecular complexity index is 1480. The van der Waals surface area contributed by atoms with Crippen LogP contribution in [0.25, 0.3) is 17.1 Å². The normalized spacial score (nSPS) is 11.3. The Hall–Kier alpha value is -4.87. The van der Waals surface area contributed by atoms with Crippen molar-refractivity contribution in [3.63, 3.8) is 0 Å². The lowest BCUT2D eigenvalue weighted by atomic mass is 10.0. The van der Waals surface area contributed by atoms with Crippen LogP contribution in [-0.4, -0.2) is 40.1 Å². The van der Waals surface area contributed by atoms with Crippen molar-refractivity contribution < 1.29 is 32.2 Å². The van der Waals surface area contributed by atoms with Crippen LogP contribution >= 0.6 is 0 Å². The molecular formula is C28H26F3N5O4. The largest absolute Gasteiger partial charge is 0.573 e. The Balaban J connectivity index is 1.34. The molecule has 9 nitrogen and oxygen atoms in total. The molecule has 0 fully saturated rings. The number of halogens is 3. The van der Waals surface area contributed by atoms with Crippen molar-refractivity contribution in [1.29, 1.82) is 0 Å². The van der Waals surface area contributed by atoms with Gasteiger partial charge in [-0.3, -0.25) is 9.59 Å². The fourth-order valence-corrected chi connectivity index (χ4v) is 3.83. The van der Waals surface area contributed by atoms with Gasteiger partial charge in [0.15, 0.2) is 5.82 Å². The molecule has 2 N–H and O–H groups in total. The van der Waals surface area contributed by atoms with Gasteiger partial charge in [-0.2, -0.15) is 0 Å². The molecular weight excluding hydrogens is 527 g/mol. The maximum Gasteiger partial charge on any atom is 0.573 e. The molecule has 0 saturated carbocycles. The summed E-state index contributed by atoms with van der Waals surface area (Å²) in [4.78, 5) is 29.2. The van der Waals surface area contributed by atoms with Gasteiger partial charge in [-0.25, -0.2) is 9.67 Å². The third-order valence-electron chi connectivity index (χ3n) is 5.73. The highest BCUT2D eigenvalue weighted by Gasteiger charge is 2.31. The van der Waals surface area contributed by atoms with Gasteiger partial charge in [0.1, 0.15) is 24.2 Å². The smallest absolute Gasteiger partial charge is 0.497 e. The van der Waals surface area contributed by atoms with Gasteiger partial charge in [0.2, 0.25) is 11.8 Å². The number of ether oxygens (including phenoxy) is 2. The van der Waals surface area contributed by atoms with Crippen LogP contribution in [0, 0.1) is 0 Å². The number of benzene rings is 3. The molecule has 0 bridgehead atoms. The third-order valence-corrected chi connectivity index (χ3v) is 5.73. The van der Waals surface area contributed by atoms with Gasteiger partial charge in [0.25, 0.3) is 0 Å². The number of nitrogens with zero attached hydrogens (tertiary/aromatic N) is 3. The number of hydrogen-bond donors (Lipinski definition) is 2. The Morgan fingerprint density at radius 1 is 0.925 bits per heavy atom. The van der Waals surface area contributed by atoms with Gasteiger partial charge < -0.3 is 20.1 Å². The number of carbonyl (C=O) groups excluding carboxylic acids is 2.